The number of aliphatic hydroxyl groups excluding tert-OH is 1. The highest BCUT2D eigenvalue weighted by atomic mass is 32.2. The summed E-state index contributed by atoms with van der Waals surface area (Å²) < 4.78 is 28.1. The van der Waals surface area contributed by atoms with Gasteiger partial charge in [-0.15, -0.1) is 0 Å². The Morgan fingerprint density at radius 3 is 2.34 bits per heavy atom. The summed E-state index contributed by atoms with van der Waals surface area (Å²) in [4.78, 5) is 12.7. The number of nitrogen functional groups attached to an aromatic ring is 1. The van der Waals surface area contributed by atoms with Crippen LogP contribution in [0.25, 0.3) is 10.8 Å². The Kier molecular flexibility index (Phi) is 10.7. The summed E-state index contributed by atoms with van der Waals surface area (Å²) in [6.45, 7) is 4.31. The lowest BCUT2D eigenvalue weighted by atomic mass is 10.0. The zero-order valence-electron chi connectivity index (χ0n) is 22.2. The van der Waals surface area contributed by atoms with E-state index in [0.29, 0.717) is 37.9 Å². The van der Waals surface area contributed by atoms with E-state index in [1.54, 1.807) is 12.1 Å². The van der Waals surface area contributed by atoms with Crippen molar-refractivity contribution < 1.29 is 18.3 Å². The summed E-state index contributed by atoms with van der Waals surface area (Å²) in [7, 11) is -3.80. The fraction of sp³-hybridized carbons (Fsp3) is 0.414. The van der Waals surface area contributed by atoms with Gasteiger partial charge in [0.15, 0.2) is 0 Å². The Morgan fingerprint density at radius 2 is 1.68 bits per heavy atom. The van der Waals surface area contributed by atoms with E-state index < -0.39 is 22.1 Å². The first-order chi connectivity index (χ1) is 18.1. The number of nitrogens with one attached hydrogen (secondary N) is 1. The second kappa shape index (κ2) is 13.7. The molecule has 0 aliphatic carbocycles. The number of hydrogen-bond donors (Lipinski definition) is 4. The number of nitrogens with two attached hydrogens (primary N) is 2. The summed E-state index contributed by atoms with van der Waals surface area (Å²) in [5.74, 6) is -0.139. The Hall–Kier alpha value is -2.98. The minimum Gasteiger partial charge on any atom is -0.399 e. The molecule has 0 aromatic heterocycles. The highest BCUT2D eigenvalue weighted by Crippen LogP contribution is 2.23. The van der Waals surface area contributed by atoms with Crippen LogP contribution < -0.4 is 16.8 Å². The number of anilines is 1. The highest BCUT2D eigenvalue weighted by molar-refractivity contribution is 7.89. The summed E-state index contributed by atoms with van der Waals surface area (Å²) in [5, 5.41) is 15.2. The molecule has 38 heavy (non-hydrogen) atoms. The summed E-state index contributed by atoms with van der Waals surface area (Å²) in [5.41, 5.74) is 13.4. The van der Waals surface area contributed by atoms with E-state index in [0.717, 1.165) is 16.3 Å². The molecule has 0 heterocycles. The molecule has 0 saturated heterocycles. The standard InChI is InChI=1S/C29H40N4O4S/c1-21(2)19-33(38(36,37)27-14-12-25(30)13-15-27)26(20-34)9-5-6-16-32-29(35)28(31)18-22-10-11-23-7-3-4-8-24(23)17-22/h3-4,7-8,10-15,17,21,26,28,34H,5-6,9,16,18-20,30-31H2,1-2H3,(H,32,35)/t26-,28-/m0/s1. The zero-order valence-corrected chi connectivity index (χ0v) is 23.0. The van der Waals surface area contributed by atoms with Gasteiger partial charge in [0.05, 0.1) is 17.5 Å². The van der Waals surface area contributed by atoms with Gasteiger partial charge in [-0.2, -0.15) is 4.31 Å². The van der Waals surface area contributed by atoms with Crippen LogP contribution in [0.3, 0.4) is 0 Å². The molecule has 0 radical (unpaired) electrons. The molecule has 9 heteroatoms. The van der Waals surface area contributed by atoms with Gasteiger partial charge in [0.25, 0.3) is 0 Å². The first-order valence-corrected chi connectivity index (χ1v) is 14.5. The number of carbonyl (C=O) groups excluding carboxylic acids is 1. The Balaban J connectivity index is 1.51. The van der Waals surface area contributed by atoms with Crippen LogP contribution in [-0.2, 0) is 21.2 Å². The number of rotatable bonds is 14. The molecular formula is C29H40N4O4S. The quantitative estimate of drug-likeness (QED) is 0.183. The van der Waals surface area contributed by atoms with Crippen LogP contribution in [0, 0.1) is 5.92 Å². The molecular weight excluding hydrogens is 500 g/mol. The zero-order chi connectivity index (χ0) is 27.7. The summed E-state index contributed by atoms with van der Waals surface area (Å²) in [6, 6.07) is 19.0. The van der Waals surface area contributed by atoms with E-state index in [1.807, 2.05) is 50.2 Å². The Bertz CT molecular complexity index is 1300. The van der Waals surface area contributed by atoms with Crippen LogP contribution in [0.15, 0.2) is 71.6 Å². The lowest BCUT2D eigenvalue weighted by Crippen LogP contribution is -2.44. The summed E-state index contributed by atoms with van der Waals surface area (Å²) in [6.07, 6.45) is 2.19. The Labute approximate surface area is 226 Å². The number of unbranched alkanes of at least 4 members (excludes halogenated alkanes) is 1. The van der Waals surface area contributed by atoms with Crippen LogP contribution in [-0.4, -0.2) is 55.5 Å². The maximum absolute atomic E-state index is 13.4. The molecule has 0 aliphatic rings. The molecule has 0 unspecified atom stereocenters. The van der Waals surface area contributed by atoms with E-state index in [9.17, 15) is 18.3 Å². The number of sulfonamides is 1. The average molecular weight is 541 g/mol. The van der Waals surface area contributed by atoms with Gasteiger partial charge in [-0.1, -0.05) is 62.7 Å². The molecule has 0 saturated carbocycles. The summed E-state index contributed by atoms with van der Waals surface area (Å²) >= 11 is 0. The number of nitrogens with zero attached hydrogens (tertiary/aromatic N) is 1. The van der Waals surface area contributed by atoms with Gasteiger partial charge >= 0.3 is 0 Å². The van der Waals surface area contributed by atoms with Crippen molar-refractivity contribution in [1.82, 2.24) is 9.62 Å². The van der Waals surface area contributed by atoms with E-state index in [4.69, 9.17) is 11.5 Å². The largest absolute Gasteiger partial charge is 0.399 e. The Morgan fingerprint density at radius 1 is 1.00 bits per heavy atom. The third-order valence-corrected chi connectivity index (χ3v) is 8.45. The van der Waals surface area contributed by atoms with Crippen LogP contribution in [0.2, 0.25) is 0 Å². The fourth-order valence-electron chi connectivity index (χ4n) is 4.46. The van der Waals surface area contributed by atoms with Gasteiger partial charge in [0.1, 0.15) is 0 Å². The molecule has 0 fully saturated rings. The molecule has 2 atom stereocenters. The number of fused-ring (bicyclic) bond motifs is 1. The maximum atomic E-state index is 13.4. The van der Waals surface area contributed by atoms with Crippen molar-refractivity contribution in [2.45, 2.75) is 56.5 Å². The minimum absolute atomic E-state index is 0.0796. The molecule has 1 amide bonds. The molecule has 3 aromatic carbocycles. The number of amides is 1. The third kappa shape index (κ3) is 8.01. The monoisotopic (exact) mass is 540 g/mol. The SMILES string of the molecule is CC(C)CN([C@H](CO)CCCCNC(=O)[C@@H](N)Cc1ccc2ccccc2c1)S(=O)(=O)c1ccc(N)cc1. The lowest BCUT2D eigenvalue weighted by molar-refractivity contribution is -0.122. The first-order valence-electron chi connectivity index (χ1n) is 13.1. The average Bonchev–Trinajstić information content (AvgIpc) is 2.89. The normalized spacial score (nSPS) is 13.6. The van der Waals surface area contributed by atoms with Gasteiger partial charge in [0, 0.05) is 24.8 Å². The molecule has 3 rings (SSSR count). The van der Waals surface area contributed by atoms with E-state index in [-0.39, 0.29) is 29.9 Å². The predicted molar refractivity (Wildman–Crippen MR) is 153 cm³/mol. The van der Waals surface area contributed by atoms with E-state index >= 15 is 0 Å². The van der Waals surface area contributed by atoms with E-state index in [2.05, 4.69) is 11.4 Å². The van der Waals surface area contributed by atoms with Crippen molar-refractivity contribution in [1.29, 1.82) is 0 Å². The van der Waals surface area contributed by atoms with Gasteiger partial charge in [-0.25, -0.2) is 8.42 Å². The van der Waals surface area contributed by atoms with Crippen LogP contribution >= 0.6 is 0 Å². The van der Waals surface area contributed by atoms with Crippen LogP contribution in [0.4, 0.5) is 5.69 Å². The molecule has 3 aromatic rings. The smallest absolute Gasteiger partial charge is 0.243 e. The minimum atomic E-state index is -3.80. The molecule has 6 N–H and O–H groups in total. The number of aliphatic hydroxyl groups is 1. The topological polar surface area (TPSA) is 139 Å². The molecule has 206 valence electrons. The second-order valence-corrected chi connectivity index (χ2v) is 12.0. The molecule has 0 bridgehead atoms. The highest BCUT2D eigenvalue weighted by Gasteiger charge is 2.31. The number of carbonyl (C=O) groups is 1. The maximum Gasteiger partial charge on any atom is 0.243 e. The van der Waals surface area contributed by atoms with Crippen LogP contribution in [0.5, 0.6) is 0 Å². The van der Waals surface area contributed by atoms with Gasteiger partial charge in [-0.3, -0.25) is 4.79 Å². The van der Waals surface area contributed by atoms with Gasteiger partial charge in [0.2, 0.25) is 15.9 Å². The fourth-order valence-corrected chi connectivity index (χ4v) is 6.27. The van der Waals surface area contributed by atoms with Crippen molar-refractivity contribution in [3.63, 3.8) is 0 Å². The van der Waals surface area contributed by atoms with Gasteiger partial charge < -0.3 is 21.9 Å². The number of hydrogen-bond acceptors (Lipinski definition) is 6. The van der Waals surface area contributed by atoms with Crippen molar-refractivity contribution in [2.75, 3.05) is 25.4 Å². The predicted octanol–water partition coefficient (Wildman–Crippen LogP) is 3.29. The third-order valence-electron chi connectivity index (χ3n) is 6.52. The van der Waals surface area contributed by atoms with Crippen molar-refractivity contribution >= 4 is 32.4 Å². The lowest BCUT2D eigenvalue weighted by Gasteiger charge is -2.31. The molecule has 8 nitrogen and oxygen atoms in total. The van der Waals surface area contributed by atoms with Crippen LogP contribution in [0.1, 0.15) is 38.7 Å². The van der Waals surface area contributed by atoms with Crippen molar-refractivity contribution in [2.24, 2.45) is 11.7 Å². The number of benzene rings is 3. The first kappa shape index (κ1) is 29.6. The van der Waals surface area contributed by atoms with E-state index in [1.165, 1.54) is 16.4 Å². The van der Waals surface area contributed by atoms with Crippen molar-refractivity contribution in [3.05, 3.63) is 72.3 Å². The second-order valence-electron chi connectivity index (χ2n) is 10.2. The van der Waals surface area contributed by atoms with Gasteiger partial charge in [-0.05, 0) is 65.8 Å². The van der Waals surface area contributed by atoms with Crippen molar-refractivity contribution in [3.8, 4) is 0 Å². The molecule has 0 spiro atoms. The molecule has 0 aliphatic heterocycles.